The summed E-state index contributed by atoms with van der Waals surface area (Å²) in [6.45, 7) is 5.65. The first-order chi connectivity index (χ1) is 8.31. The van der Waals surface area contributed by atoms with E-state index < -0.39 is 6.10 Å². The van der Waals surface area contributed by atoms with E-state index in [0.29, 0.717) is 5.56 Å². The molecule has 1 heterocycles. The molecule has 1 aromatic rings. The van der Waals surface area contributed by atoms with Crippen LogP contribution in [0.5, 0.6) is 0 Å². The van der Waals surface area contributed by atoms with Crippen molar-refractivity contribution in [1.82, 2.24) is 9.88 Å². The fourth-order valence-corrected chi connectivity index (χ4v) is 2.03. The number of pyridine rings is 1. The van der Waals surface area contributed by atoms with Crippen LogP contribution in [0.15, 0.2) is 12.1 Å². The van der Waals surface area contributed by atoms with Crippen molar-refractivity contribution in [2.24, 2.45) is 0 Å². The van der Waals surface area contributed by atoms with Gasteiger partial charge in [-0.1, -0.05) is 23.2 Å². The van der Waals surface area contributed by atoms with Gasteiger partial charge in [-0.2, -0.15) is 0 Å². The number of halogens is 2. The SMILES string of the molecule is CC(O)CN(C(=O)c1cc(Cl)nc(Cl)c1)C(C)C. The van der Waals surface area contributed by atoms with Crippen LogP contribution < -0.4 is 0 Å². The largest absolute Gasteiger partial charge is 0.392 e. The van der Waals surface area contributed by atoms with Crippen molar-refractivity contribution < 1.29 is 9.90 Å². The maximum Gasteiger partial charge on any atom is 0.254 e. The Morgan fingerprint density at radius 1 is 1.33 bits per heavy atom. The lowest BCUT2D eigenvalue weighted by atomic mass is 10.2. The third-order valence-corrected chi connectivity index (χ3v) is 2.74. The molecule has 0 saturated carbocycles. The molecule has 1 aromatic heterocycles. The first-order valence-corrected chi connectivity index (χ1v) is 6.39. The Labute approximate surface area is 117 Å². The summed E-state index contributed by atoms with van der Waals surface area (Å²) in [5.74, 6) is -0.225. The summed E-state index contributed by atoms with van der Waals surface area (Å²) in [6, 6.07) is 2.90. The van der Waals surface area contributed by atoms with Crippen molar-refractivity contribution in [1.29, 1.82) is 0 Å². The number of aromatic nitrogens is 1. The van der Waals surface area contributed by atoms with Crippen LogP contribution in [0.3, 0.4) is 0 Å². The molecule has 0 spiro atoms. The smallest absolute Gasteiger partial charge is 0.254 e. The zero-order valence-corrected chi connectivity index (χ0v) is 12.0. The summed E-state index contributed by atoms with van der Waals surface area (Å²) < 4.78 is 0. The minimum atomic E-state index is -0.593. The van der Waals surface area contributed by atoms with Gasteiger partial charge in [0.25, 0.3) is 5.91 Å². The third kappa shape index (κ3) is 4.12. The highest BCUT2D eigenvalue weighted by molar-refractivity contribution is 6.33. The summed E-state index contributed by atoms with van der Waals surface area (Å²) in [4.78, 5) is 17.7. The first kappa shape index (κ1) is 15.2. The minimum absolute atomic E-state index is 0.0298. The van der Waals surface area contributed by atoms with Crippen LogP contribution in [0.25, 0.3) is 0 Å². The third-order valence-electron chi connectivity index (χ3n) is 2.35. The number of carbonyl (C=O) groups is 1. The lowest BCUT2D eigenvalue weighted by Gasteiger charge is -2.28. The molecule has 6 heteroatoms. The molecule has 1 amide bonds. The topological polar surface area (TPSA) is 53.4 Å². The second-order valence-electron chi connectivity index (χ2n) is 4.40. The Morgan fingerprint density at radius 2 is 1.83 bits per heavy atom. The van der Waals surface area contributed by atoms with Crippen LogP contribution in [-0.4, -0.2) is 39.6 Å². The highest BCUT2D eigenvalue weighted by atomic mass is 35.5. The summed E-state index contributed by atoms with van der Waals surface area (Å²) in [5.41, 5.74) is 0.370. The molecule has 4 nitrogen and oxygen atoms in total. The number of aliphatic hydroxyl groups is 1. The molecule has 0 radical (unpaired) electrons. The van der Waals surface area contributed by atoms with E-state index in [-0.39, 0.29) is 28.8 Å². The highest BCUT2D eigenvalue weighted by Crippen LogP contribution is 2.17. The van der Waals surface area contributed by atoms with Gasteiger partial charge >= 0.3 is 0 Å². The molecule has 0 aliphatic rings. The molecule has 0 saturated heterocycles. The molecular formula is C12H16Cl2N2O2. The molecule has 0 aliphatic carbocycles. The molecule has 1 atom stereocenters. The maximum absolute atomic E-state index is 12.3. The van der Waals surface area contributed by atoms with Gasteiger partial charge in [-0.15, -0.1) is 0 Å². The van der Waals surface area contributed by atoms with Crippen LogP contribution >= 0.6 is 23.2 Å². The minimum Gasteiger partial charge on any atom is -0.392 e. The number of nitrogens with zero attached hydrogens (tertiary/aromatic N) is 2. The van der Waals surface area contributed by atoms with Crippen molar-refractivity contribution in [2.45, 2.75) is 32.9 Å². The predicted octanol–water partition coefficient (Wildman–Crippen LogP) is 2.62. The Hall–Kier alpha value is -0.840. The molecule has 0 bridgehead atoms. The van der Waals surface area contributed by atoms with Crippen molar-refractivity contribution >= 4 is 29.1 Å². The molecule has 1 unspecified atom stereocenters. The monoisotopic (exact) mass is 290 g/mol. The predicted molar refractivity (Wildman–Crippen MR) is 72.1 cm³/mol. The van der Waals surface area contributed by atoms with Crippen molar-refractivity contribution in [3.8, 4) is 0 Å². The zero-order valence-electron chi connectivity index (χ0n) is 10.5. The van der Waals surface area contributed by atoms with Crippen molar-refractivity contribution in [3.05, 3.63) is 28.0 Å². The Bertz CT molecular complexity index is 416. The van der Waals surface area contributed by atoms with Crippen LogP contribution in [-0.2, 0) is 0 Å². The number of amides is 1. The van der Waals surface area contributed by atoms with Crippen LogP contribution in [0, 0.1) is 0 Å². The van der Waals surface area contributed by atoms with Crippen LogP contribution in [0.2, 0.25) is 10.3 Å². The Balaban J connectivity index is 3.01. The summed E-state index contributed by atoms with van der Waals surface area (Å²) in [5, 5.41) is 9.76. The summed E-state index contributed by atoms with van der Waals surface area (Å²) >= 11 is 11.5. The van der Waals surface area contributed by atoms with Crippen LogP contribution in [0.1, 0.15) is 31.1 Å². The van der Waals surface area contributed by atoms with Gasteiger partial charge < -0.3 is 10.0 Å². The van der Waals surface area contributed by atoms with E-state index in [1.54, 1.807) is 11.8 Å². The maximum atomic E-state index is 12.3. The number of carbonyl (C=O) groups excluding carboxylic acids is 1. The van der Waals surface area contributed by atoms with Gasteiger partial charge in [0, 0.05) is 18.2 Å². The zero-order chi connectivity index (χ0) is 13.9. The van der Waals surface area contributed by atoms with E-state index in [9.17, 15) is 9.90 Å². The Morgan fingerprint density at radius 3 is 2.22 bits per heavy atom. The van der Waals surface area contributed by atoms with E-state index in [1.165, 1.54) is 12.1 Å². The molecule has 100 valence electrons. The second kappa shape index (κ2) is 6.36. The highest BCUT2D eigenvalue weighted by Gasteiger charge is 2.21. The summed E-state index contributed by atoms with van der Waals surface area (Å²) in [6.07, 6.45) is -0.593. The molecule has 1 N–H and O–H groups in total. The van der Waals surface area contributed by atoms with Crippen LogP contribution in [0.4, 0.5) is 0 Å². The molecular weight excluding hydrogens is 275 g/mol. The standard InChI is InChI=1S/C12H16Cl2N2O2/c1-7(2)16(6-8(3)17)12(18)9-4-10(13)15-11(14)5-9/h4-5,7-8,17H,6H2,1-3H3. The van der Waals surface area contributed by atoms with Crippen molar-refractivity contribution in [2.75, 3.05) is 6.54 Å². The van der Waals surface area contributed by atoms with Gasteiger partial charge in [-0.25, -0.2) is 4.98 Å². The van der Waals surface area contributed by atoms with E-state index in [4.69, 9.17) is 23.2 Å². The van der Waals surface area contributed by atoms with Crippen molar-refractivity contribution in [3.63, 3.8) is 0 Å². The number of hydrogen-bond acceptors (Lipinski definition) is 3. The summed E-state index contributed by atoms with van der Waals surface area (Å²) in [7, 11) is 0. The number of hydrogen-bond donors (Lipinski definition) is 1. The molecule has 0 fully saturated rings. The second-order valence-corrected chi connectivity index (χ2v) is 5.18. The van der Waals surface area contributed by atoms with Gasteiger partial charge in [-0.3, -0.25) is 4.79 Å². The molecule has 18 heavy (non-hydrogen) atoms. The fraction of sp³-hybridized carbons (Fsp3) is 0.500. The normalized spacial score (nSPS) is 12.6. The number of aliphatic hydroxyl groups excluding tert-OH is 1. The van der Waals surface area contributed by atoms with E-state index >= 15 is 0 Å². The van der Waals surface area contributed by atoms with Gasteiger partial charge in [0.05, 0.1) is 6.10 Å². The van der Waals surface area contributed by atoms with Gasteiger partial charge in [0.15, 0.2) is 0 Å². The Kier molecular flexibility index (Phi) is 5.38. The lowest BCUT2D eigenvalue weighted by molar-refractivity contribution is 0.0578. The quantitative estimate of drug-likeness (QED) is 0.868. The molecule has 1 rings (SSSR count). The average Bonchev–Trinajstić information content (AvgIpc) is 2.23. The lowest BCUT2D eigenvalue weighted by Crippen LogP contribution is -2.41. The molecule has 0 aromatic carbocycles. The van der Waals surface area contributed by atoms with Gasteiger partial charge in [0.2, 0.25) is 0 Å². The van der Waals surface area contributed by atoms with E-state index in [1.807, 2.05) is 13.8 Å². The number of rotatable bonds is 4. The molecule has 0 aliphatic heterocycles. The van der Waals surface area contributed by atoms with E-state index in [2.05, 4.69) is 4.98 Å². The van der Waals surface area contributed by atoms with E-state index in [0.717, 1.165) is 0 Å². The first-order valence-electron chi connectivity index (χ1n) is 5.63. The van der Waals surface area contributed by atoms with Gasteiger partial charge in [0.1, 0.15) is 10.3 Å². The van der Waals surface area contributed by atoms with Gasteiger partial charge in [-0.05, 0) is 32.9 Å². The fourth-order valence-electron chi connectivity index (χ4n) is 1.57. The average molecular weight is 291 g/mol.